The van der Waals surface area contributed by atoms with E-state index < -0.39 is 24.6 Å². The van der Waals surface area contributed by atoms with Gasteiger partial charge >= 0.3 is 0 Å². The number of carbonyl (C=O) groups is 1. The van der Waals surface area contributed by atoms with Crippen LogP contribution in [0.2, 0.25) is 0 Å². The number of aliphatic hydroxyl groups is 2. The van der Waals surface area contributed by atoms with Gasteiger partial charge in [-0.05, 0) is 63.9 Å². The summed E-state index contributed by atoms with van der Waals surface area (Å²) in [6.45, 7) is 4.52. The van der Waals surface area contributed by atoms with Gasteiger partial charge in [0.15, 0.2) is 0 Å². The SMILES string of the molecule is CC(C)c1cc(OCc2cccs2)cc(-c2ccc(F)cc2)c1/C=C/C(O)CC(O)CC(=O)[O-]. The van der Waals surface area contributed by atoms with Crippen molar-refractivity contribution in [1.82, 2.24) is 0 Å². The highest BCUT2D eigenvalue weighted by Gasteiger charge is 2.16. The molecule has 0 aliphatic rings. The number of aliphatic hydroxyl groups excluding tert-OH is 2. The number of thiophene rings is 1. The number of carboxylic acids is 1. The molecule has 0 saturated carbocycles. The van der Waals surface area contributed by atoms with Crippen LogP contribution in [-0.2, 0) is 11.4 Å². The predicted octanol–water partition coefficient (Wildman–Crippen LogP) is 4.52. The summed E-state index contributed by atoms with van der Waals surface area (Å²) in [4.78, 5) is 11.8. The van der Waals surface area contributed by atoms with Crippen LogP contribution in [0.15, 0.2) is 60.0 Å². The maximum Gasteiger partial charge on any atom is 0.123 e. The Bertz CT molecular complexity index is 1110. The second-order valence-corrected chi connectivity index (χ2v) is 9.43. The maximum absolute atomic E-state index is 13.6. The van der Waals surface area contributed by atoms with E-state index in [9.17, 15) is 24.5 Å². The van der Waals surface area contributed by atoms with E-state index in [0.29, 0.717) is 12.4 Å². The van der Waals surface area contributed by atoms with Crippen LogP contribution in [0.3, 0.4) is 0 Å². The highest BCUT2D eigenvalue weighted by molar-refractivity contribution is 7.09. The topological polar surface area (TPSA) is 89.8 Å². The first-order valence-electron chi connectivity index (χ1n) is 11.1. The first-order chi connectivity index (χ1) is 16.2. The number of hydrogen-bond acceptors (Lipinski definition) is 6. The molecule has 3 aromatic rings. The van der Waals surface area contributed by atoms with Gasteiger partial charge in [0.05, 0.1) is 12.2 Å². The molecule has 2 aromatic carbocycles. The smallest absolute Gasteiger partial charge is 0.123 e. The van der Waals surface area contributed by atoms with Gasteiger partial charge < -0.3 is 24.9 Å². The zero-order valence-corrected chi connectivity index (χ0v) is 19.9. The highest BCUT2D eigenvalue weighted by atomic mass is 32.1. The number of benzene rings is 2. The second-order valence-electron chi connectivity index (χ2n) is 8.40. The van der Waals surface area contributed by atoms with Gasteiger partial charge in [-0.25, -0.2) is 4.39 Å². The number of carboxylic acid groups (broad SMARTS) is 1. The zero-order valence-electron chi connectivity index (χ0n) is 19.1. The van der Waals surface area contributed by atoms with Crippen molar-refractivity contribution in [3.63, 3.8) is 0 Å². The number of aliphatic carboxylic acids is 1. The first kappa shape index (κ1) is 25.6. The monoisotopic (exact) mass is 483 g/mol. The molecule has 0 amide bonds. The van der Waals surface area contributed by atoms with E-state index in [-0.39, 0.29) is 18.2 Å². The molecule has 180 valence electrons. The minimum atomic E-state index is -1.37. The van der Waals surface area contributed by atoms with E-state index in [4.69, 9.17) is 4.74 Å². The first-order valence-corrected chi connectivity index (χ1v) is 11.9. The van der Waals surface area contributed by atoms with Crippen LogP contribution in [0.25, 0.3) is 17.2 Å². The highest BCUT2D eigenvalue weighted by Crippen LogP contribution is 2.36. The third-order valence-corrected chi connectivity index (χ3v) is 6.17. The van der Waals surface area contributed by atoms with Crippen molar-refractivity contribution in [3.8, 4) is 16.9 Å². The van der Waals surface area contributed by atoms with Gasteiger partial charge in [-0.2, -0.15) is 0 Å². The molecule has 5 nitrogen and oxygen atoms in total. The summed E-state index contributed by atoms with van der Waals surface area (Å²) in [5.41, 5.74) is 3.40. The van der Waals surface area contributed by atoms with E-state index in [1.807, 2.05) is 43.5 Å². The van der Waals surface area contributed by atoms with Gasteiger partial charge in [0.25, 0.3) is 0 Å². The number of hydrogen-bond donors (Lipinski definition) is 2. The number of rotatable bonds is 11. The van der Waals surface area contributed by atoms with Gasteiger partial charge in [0.1, 0.15) is 18.2 Å². The molecule has 0 spiro atoms. The van der Waals surface area contributed by atoms with Crippen molar-refractivity contribution in [2.24, 2.45) is 0 Å². The minimum Gasteiger partial charge on any atom is -0.550 e. The molecule has 0 saturated heterocycles. The van der Waals surface area contributed by atoms with Crippen LogP contribution >= 0.6 is 11.3 Å². The molecule has 2 unspecified atom stereocenters. The summed E-state index contributed by atoms with van der Waals surface area (Å²) in [5.74, 6) is -0.918. The van der Waals surface area contributed by atoms with Crippen LogP contribution in [0, 0.1) is 5.82 Å². The second kappa shape index (κ2) is 11.9. The van der Waals surface area contributed by atoms with Crippen molar-refractivity contribution in [1.29, 1.82) is 0 Å². The summed E-state index contributed by atoms with van der Waals surface area (Å²) >= 11 is 1.61. The average molecular weight is 484 g/mol. The molecular formula is C27H28FO5S-. The Labute approximate surface area is 202 Å². The van der Waals surface area contributed by atoms with Crippen LogP contribution in [0.5, 0.6) is 5.75 Å². The number of carbonyl (C=O) groups excluding carboxylic acids is 1. The lowest BCUT2D eigenvalue weighted by atomic mass is 9.89. The van der Waals surface area contributed by atoms with Gasteiger partial charge in [0.2, 0.25) is 0 Å². The number of halogens is 1. The van der Waals surface area contributed by atoms with E-state index >= 15 is 0 Å². The van der Waals surface area contributed by atoms with E-state index in [1.165, 1.54) is 18.2 Å². The number of ether oxygens (including phenoxy) is 1. The van der Waals surface area contributed by atoms with Crippen molar-refractivity contribution in [2.75, 3.05) is 0 Å². The van der Waals surface area contributed by atoms with Gasteiger partial charge in [-0.3, -0.25) is 0 Å². The Hall–Kier alpha value is -3.00. The van der Waals surface area contributed by atoms with Crippen molar-refractivity contribution in [2.45, 2.75) is 51.4 Å². The molecular weight excluding hydrogens is 455 g/mol. The summed E-state index contributed by atoms with van der Waals surface area (Å²) in [7, 11) is 0. The fourth-order valence-corrected chi connectivity index (χ4v) is 4.27. The van der Waals surface area contributed by atoms with Crippen molar-refractivity contribution < 1.29 is 29.2 Å². The molecule has 0 fully saturated rings. The molecule has 0 aliphatic heterocycles. The lowest BCUT2D eigenvalue weighted by Crippen LogP contribution is -2.29. The molecule has 1 aromatic heterocycles. The Morgan fingerprint density at radius 1 is 1.18 bits per heavy atom. The Morgan fingerprint density at radius 2 is 1.91 bits per heavy atom. The normalized spacial score (nSPS) is 13.4. The third kappa shape index (κ3) is 7.25. The summed E-state index contributed by atoms with van der Waals surface area (Å²) in [6.07, 6.45) is 0.352. The Morgan fingerprint density at radius 3 is 2.53 bits per heavy atom. The van der Waals surface area contributed by atoms with Crippen LogP contribution in [0.1, 0.15) is 48.6 Å². The van der Waals surface area contributed by atoms with Crippen molar-refractivity contribution in [3.05, 3.63) is 81.8 Å². The van der Waals surface area contributed by atoms with E-state index in [2.05, 4.69) is 0 Å². The van der Waals surface area contributed by atoms with E-state index in [1.54, 1.807) is 29.5 Å². The lowest BCUT2D eigenvalue weighted by Gasteiger charge is -2.19. The summed E-state index contributed by atoms with van der Waals surface area (Å²) in [6, 6.07) is 14.0. The molecule has 3 rings (SSSR count). The van der Waals surface area contributed by atoms with Gasteiger partial charge in [0, 0.05) is 23.7 Å². The molecule has 0 bridgehead atoms. The quantitative estimate of drug-likeness (QED) is 0.419. The van der Waals surface area contributed by atoms with E-state index in [0.717, 1.165) is 27.1 Å². The van der Waals surface area contributed by atoms with Crippen LogP contribution < -0.4 is 9.84 Å². The van der Waals surface area contributed by atoms with Crippen LogP contribution in [0.4, 0.5) is 4.39 Å². The molecule has 0 aliphatic carbocycles. The van der Waals surface area contributed by atoms with Gasteiger partial charge in [-0.15, -0.1) is 11.3 Å². The zero-order chi connectivity index (χ0) is 24.7. The Kier molecular flexibility index (Phi) is 8.98. The molecule has 2 atom stereocenters. The van der Waals surface area contributed by atoms with Gasteiger partial charge in [-0.1, -0.05) is 44.2 Å². The fraction of sp³-hybridized carbons (Fsp3) is 0.296. The molecule has 2 N–H and O–H groups in total. The lowest BCUT2D eigenvalue weighted by molar-refractivity contribution is -0.307. The fourth-order valence-electron chi connectivity index (χ4n) is 3.65. The molecule has 7 heteroatoms. The maximum atomic E-state index is 13.6. The Balaban J connectivity index is 1.97. The summed E-state index contributed by atoms with van der Waals surface area (Å²) in [5, 5.41) is 32.8. The average Bonchev–Trinajstić information content (AvgIpc) is 3.29. The summed E-state index contributed by atoms with van der Waals surface area (Å²) < 4.78 is 19.7. The minimum absolute atomic E-state index is 0.116. The molecule has 0 radical (unpaired) electrons. The van der Waals surface area contributed by atoms with Crippen molar-refractivity contribution >= 4 is 23.4 Å². The molecule has 1 heterocycles. The van der Waals surface area contributed by atoms with Crippen LogP contribution in [-0.4, -0.2) is 28.4 Å². The molecule has 34 heavy (non-hydrogen) atoms. The third-order valence-electron chi connectivity index (χ3n) is 5.32. The largest absolute Gasteiger partial charge is 0.550 e. The standard InChI is InChI=1S/C27H29FO5S/c1-17(2)25-14-22(33-16-23-4-3-11-34-23)15-26(18-5-7-19(28)8-6-18)24(25)10-9-20(29)12-21(30)13-27(31)32/h3-11,14-15,17,20-21,29-30H,12-13,16H2,1-2H3,(H,31,32)/p-1/b10-9+. The predicted molar refractivity (Wildman–Crippen MR) is 130 cm³/mol.